The third-order valence-corrected chi connectivity index (χ3v) is 3.06. The number of nitrogens with zero attached hydrogens (tertiary/aromatic N) is 1. The molecule has 0 saturated carbocycles. The minimum Gasteiger partial charge on any atom is -0.385 e. The van der Waals surface area contributed by atoms with E-state index in [1.54, 1.807) is 12.4 Å². The fourth-order valence-electron chi connectivity index (χ4n) is 2.05. The number of rotatable bonds is 5. The highest BCUT2D eigenvalue weighted by atomic mass is 16.1. The van der Waals surface area contributed by atoms with Crippen molar-refractivity contribution in [3.8, 4) is 0 Å². The lowest BCUT2D eigenvalue weighted by molar-refractivity contribution is 0.0939. The molecule has 1 unspecified atom stereocenters. The van der Waals surface area contributed by atoms with Crippen LogP contribution in [0.1, 0.15) is 41.6 Å². The smallest absolute Gasteiger partial charge is 0.253 e. The van der Waals surface area contributed by atoms with Crippen molar-refractivity contribution < 1.29 is 4.79 Å². The average molecular weight is 272 g/mol. The molecule has 0 bridgehead atoms. The van der Waals surface area contributed by atoms with Crippen LogP contribution in [0.4, 0.5) is 5.69 Å². The molecule has 20 heavy (non-hydrogen) atoms. The van der Waals surface area contributed by atoms with Crippen LogP contribution in [0.25, 0.3) is 0 Å². The fourth-order valence-corrected chi connectivity index (χ4v) is 2.05. The Morgan fingerprint density at radius 2 is 2.25 bits per heavy atom. The first-order valence-electron chi connectivity index (χ1n) is 6.76. The summed E-state index contributed by atoms with van der Waals surface area (Å²) in [4.78, 5) is 19.6. The van der Waals surface area contributed by atoms with Crippen LogP contribution in [-0.4, -0.2) is 22.4 Å². The SMILES string of the molecule is CCNc1ccc(C)cc1C(=O)NC(C)c1ncc[nH]1. The van der Waals surface area contributed by atoms with Gasteiger partial charge < -0.3 is 15.6 Å². The van der Waals surface area contributed by atoms with Crippen LogP contribution in [-0.2, 0) is 0 Å². The van der Waals surface area contributed by atoms with E-state index in [9.17, 15) is 4.79 Å². The zero-order chi connectivity index (χ0) is 14.5. The number of aryl methyl sites for hydroxylation is 1. The van der Waals surface area contributed by atoms with Crippen molar-refractivity contribution >= 4 is 11.6 Å². The van der Waals surface area contributed by atoms with Crippen molar-refractivity contribution in [3.05, 3.63) is 47.5 Å². The molecule has 1 aromatic carbocycles. The summed E-state index contributed by atoms with van der Waals surface area (Å²) >= 11 is 0. The van der Waals surface area contributed by atoms with Gasteiger partial charge in [-0.25, -0.2) is 4.98 Å². The summed E-state index contributed by atoms with van der Waals surface area (Å²) < 4.78 is 0. The molecule has 0 saturated heterocycles. The van der Waals surface area contributed by atoms with Crippen LogP contribution in [0.5, 0.6) is 0 Å². The maximum Gasteiger partial charge on any atom is 0.253 e. The predicted octanol–water partition coefficient (Wildman–Crippen LogP) is 2.64. The monoisotopic (exact) mass is 272 g/mol. The number of anilines is 1. The Balaban J connectivity index is 2.18. The minimum absolute atomic E-state index is 0.103. The number of aromatic nitrogens is 2. The topological polar surface area (TPSA) is 69.8 Å². The van der Waals surface area contributed by atoms with E-state index in [0.717, 1.165) is 23.6 Å². The number of carbonyl (C=O) groups is 1. The number of hydrogen-bond donors (Lipinski definition) is 3. The molecular weight excluding hydrogens is 252 g/mol. The Morgan fingerprint density at radius 3 is 2.90 bits per heavy atom. The van der Waals surface area contributed by atoms with E-state index in [1.807, 2.05) is 39.0 Å². The van der Waals surface area contributed by atoms with Crippen molar-refractivity contribution in [3.63, 3.8) is 0 Å². The van der Waals surface area contributed by atoms with E-state index in [-0.39, 0.29) is 11.9 Å². The molecular formula is C15H20N4O. The Hall–Kier alpha value is -2.30. The fraction of sp³-hybridized carbons (Fsp3) is 0.333. The van der Waals surface area contributed by atoms with E-state index in [1.165, 1.54) is 0 Å². The van der Waals surface area contributed by atoms with Gasteiger partial charge in [-0.3, -0.25) is 4.79 Å². The largest absolute Gasteiger partial charge is 0.385 e. The van der Waals surface area contributed by atoms with E-state index in [2.05, 4.69) is 20.6 Å². The molecule has 0 aliphatic rings. The zero-order valence-electron chi connectivity index (χ0n) is 12.0. The summed E-state index contributed by atoms with van der Waals surface area (Å²) in [6.07, 6.45) is 3.42. The van der Waals surface area contributed by atoms with E-state index in [4.69, 9.17) is 0 Å². The second-order valence-electron chi connectivity index (χ2n) is 4.75. The number of aromatic amines is 1. The zero-order valence-corrected chi connectivity index (χ0v) is 12.0. The molecule has 0 radical (unpaired) electrons. The van der Waals surface area contributed by atoms with Gasteiger partial charge in [-0.15, -0.1) is 0 Å². The number of imidazole rings is 1. The molecule has 1 aromatic heterocycles. The molecule has 5 nitrogen and oxygen atoms in total. The molecule has 106 valence electrons. The quantitative estimate of drug-likeness (QED) is 0.783. The van der Waals surface area contributed by atoms with Crippen molar-refractivity contribution in [2.45, 2.75) is 26.8 Å². The van der Waals surface area contributed by atoms with E-state index < -0.39 is 0 Å². The molecule has 3 N–H and O–H groups in total. The maximum absolute atomic E-state index is 12.4. The number of carbonyl (C=O) groups excluding carboxylic acids is 1. The number of hydrogen-bond acceptors (Lipinski definition) is 3. The molecule has 0 fully saturated rings. The normalized spacial score (nSPS) is 11.9. The predicted molar refractivity (Wildman–Crippen MR) is 79.8 cm³/mol. The highest BCUT2D eigenvalue weighted by Crippen LogP contribution is 2.18. The Kier molecular flexibility index (Phi) is 4.40. The third-order valence-electron chi connectivity index (χ3n) is 3.06. The molecule has 0 aliphatic heterocycles. The Morgan fingerprint density at radius 1 is 1.45 bits per heavy atom. The maximum atomic E-state index is 12.4. The van der Waals surface area contributed by atoms with Gasteiger partial charge in [0, 0.05) is 24.6 Å². The summed E-state index contributed by atoms with van der Waals surface area (Å²) in [6.45, 7) is 6.66. The van der Waals surface area contributed by atoms with Crippen molar-refractivity contribution in [2.75, 3.05) is 11.9 Å². The first kappa shape index (κ1) is 14.1. The third kappa shape index (κ3) is 3.17. The van der Waals surface area contributed by atoms with Crippen LogP contribution >= 0.6 is 0 Å². The van der Waals surface area contributed by atoms with Gasteiger partial charge in [0.15, 0.2) is 0 Å². The molecule has 2 aromatic rings. The lowest BCUT2D eigenvalue weighted by atomic mass is 10.1. The molecule has 0 spiro atoms. The average Bonchev–Trinajstić information content (AvgIpc) is 2.95. The number of amides is 1. The molecule has 1 amide bonds. The second-order valence-corrected chi connectivity index (χ2v) is 4.75. The second kappa shape index (κ2) is 6.23. The van der Waals surface area contributed by atoms with Gasteiger partial charge >= 0.3 is 0 Å². The molecule has 5 heteroatoms. The van der Waals surface area contributed by atoms with Crippen molar-refractivity contribution in [2.24, 2.45) is 0 Å². The molecule has 1 heterocycles. The number of benzene rings is 1. The van der Waals surface area contributed by atoms with Gasteiger partial charge in [0.1, 0.15) is 5.82 Å². The Bertz CT molecular complexity index is 578. The van der Waals surface area contributed by atoms with Crippen LogP contribution in [0, 0.1) is 6.92 Å². The number of nitrogens with one attached hydrogen (secondary N) is 3. The van der Waals surface area contributed by atoms with E-state index >= 15 is 0 Å². The minimum atomic E-state index is -0.160. The van der Waals surface area contributed by atoms with Gasteiger partial charge in [0.2, 0.25) is 0 Å². The standard InChI is InChI=1S/C15H20N4O/c1-4-16-13-6-5-10(2)9-12(13)15(20)19-11(3)14-17-7-8-18-14/h5-9,11,16H,4H2,1-3H3,(H,17,18)(H,19,20). The van der Waals surface area contributed by atoms with Crippen molar-refractivity contribution in [1.82, 2.24) is 15.3 Å². The summed E-state index contributed by atoms with van der Waals surface area (Å²) in [5.41, 5.74) is 2.56. The van der Waals surface area contributed by atoms with Crippen LogP contribution in [0.15, 0.2) is 30.6 Å². The van der Waals surface area contributed by atoms with Gasteiger partial charge in [0.25, 0.3) is 5.91 Å². The van der Waals surface area contributed by atoms with Gasteiger partial charge in [-0.05, 0) is 32.9 Å². The molecule has 2 rings (SSSR count). The summed E-state index contributed by atoms with van der Waals surface area (Å²) in [5, 5.41) is 6.16. The first-order valence-corrected chi connectivity index (χ1v) is 6.76. The van der Waals surface area contributed by atoms with Crippen LogP contribution < -0.4 is 10.6 Å². The lowest BCUT2D eigenvalue weighted by Crippen LogP contribution is -2.28. The van der Waals surface area contributed by atoms with Gasteiger partial charge in [0.05, 0.1) is 11.6 Å². The number of H-pyrrole nitrogens is 1. The molecule has 0 aliphatic carbocycles. The lowest BCUT2D eigenvalue weighted by Gasteiger charge is -2.15. The summed E-state index contributed by atoms with van der Waals surface area (Å²) in [6, 6.07) is 5.66. The van der Waals surface area contributed by atoms with Crippen LogP contribution in [0.3, 0.4) is 0 Å². The highest BCUT2D eigenvalue weighted by molar-refractivity contribution is 6.00. The summed E-state index contributed by atoms with van der Waals surface area (Å²) in [7, 11) is 0. The van der Waals surface area contributed by atoms with Gasteiger partial charge in [-0.1, -0.05) is 11.6 Å². The summed E-state index contributed by atoms with van der Waals surface area (Å²) in [5.74, 6) is 0.643. The van der Waals surface area contributed by atoms with E-state index in [0.29, 0.717) is 5.56 Å². The Labute approximate surface area is 118 Å². The van der Waals surface area contributed by atoms with Crippen LogP contribution in [0.2, 0.25) is 0 Å². The highest BCUT2D eigenvalue weighted by Gasteiger charge is 2.16. The van der Waals surface area contributed by atoms with Crippen molar-refractivity contribution in [1.29, 1.82) is 0 Å². The molecule has 1 atom stereocenters. The first-order chi connectivity index (χ1) is 9.61. The van der Waals surface area contributed by atoms with Gasteiger partial charge in [-0.2, -0.15) is 0 Å².